The Balaban J connectivity index is 1.66. The minimum absolute atomic E-state index is 0.0848. The highest BCUT2D eigenvalue weighted by Gasteiger charge is 2.43. The maximum atomic E-state index is 13.6. The van der Waals surface area contributed by atoms with Gasteiger partial charge >= 0.3 is 0 Å². The van der Waals surface area contributed by atoms with Gasteiger partial charge in [-0.25, -0.2) is 0 Å². The lowest BCUT2D eigenvalue weighted by Crippen LogP contribution is -2.42. The molecule has 2 aliphatic rings. The third kappa shape index (κ3) is 4.77. The van der Waals surface area contributed by atoms with Crippen LogP contribution in [0.2, 0.25) is 0 Å². The van der Waals surface area contributed by atoms with Crippen molar-refractivity contribution in [3.8, 4) is 17.2 Å². The number of piperidine rings is 1. The summed E-state index contributed by atoms with van der Waals surface area (Å²) >= 11 is 0. The molecule has 4 rings (SSSR count). The minimum Gasteiger partial charge on any atom is -0.497 e. The van der Waals surface area contributed by atoms with E-state index >= 15 is 0 Å². The van der Waals surface area contributed by atoms with Crippen LogP contribution in [0, 0.1) is 5.92 Å². The van der Waals surface area contributed by atoms with Crippen molar-refractivity contribution < 1.29 is 23.8 Å². The monoisotopic (exact) mass is 452 g/mol. The molecule has 2 aromatic rings. The van der Waals surface area contributed by atoms with Gasteiger partial charge in [0.05, 0.1) is 27.2 Å². The van der Waals surface area contributed by atoms with Crippen LogP contribution in [-0.2, 0) is 4.79 Å². The third-order valence-corrected chi connectivity index (χ3v) is 6.77. The zero-order valence-corrected chi connectivity index (χ0v) is 19.6. The molecule has 0 saturated carbocycles. The second-order valence-corrected chi connectivity index (χ2v) is 8.65. The normalized spacial score (nSPS) is 20.5. The number of ether oxygens (including phenoxy) is 3. The lowest BCUT2D eigenvalue weighted by Gasteiger charge is -2.31. The Hall–Kier alpha value is -3.22. The summed E-state index contributed by atoms with van der Waals surface area (Å²) in [5.41, 5.74) is 1.48. The van der Waals surface area contributed by atoms with Gasteiger partial charge in [0.2, 0.25) is 5.91 Å². The second kappa shape index (κ2) is 10.1. The van der Waals surface area contributed by atoms with E-state index in [0.717, 1.165) is 37.9 Å². The smallest absolute Gasteiger partial charge is 0.253 e. The number of hydrogen-bond donors (Lipinski definition) is 0. The van der Waals surface area contributed by atoms with Gasteiger partial charge in [-0.3, -0.25) is 9.59 Å². The molecule has 33 heavy (non-hydrogen) atoms. The standard InChI is InChI=1S/C26H32N2O5/c1-31-19-9-7-18(8-10-19)25(29)28-16-22(21-15-20(32-2)11-12-24(21)33-3)23(17-28)26(30)27-13-5-4-6-14-27/h7-12,15,22-23H,4-6,13-14,16-17H2,1-3H3/t22-,23+/m0/s1. The zero-order chi connectivity index (χ0) is 23.4. The van der Waals surface area contributed by atoms with Crippen molar-refractivity contribution >= 4 is 11.8 Å². The summed E-state index contributed by atoms with van der Waals surface area (Å²) < 4.78 is 16.3. The number of rotatable bonds is 6. The number of nitrogens with zero attached hydrogens (tertiary/aromatic N) is 2. The molecule has 0 radical (unpaired) electrons. The van der Waals surface area contributed by atoms with E-state index in [4.69, 9.17) is 14.2 Å². The highest BCUT2D eigenvalue weighted by molar-refractivity contribution is 5.95. The summed E-state index contributed by atoms with van der Waals surface area (Å²) in [6.07, 6.45) is 3.21. The Kier molecular flexibility index (Phi) is 7.06. The van der Waals surface area contributed by atoms with Crippen LogP contribution in [-0.4, -0.2) is 69.1 Å². The second-order valence-electron chi connectivity index (χ2n) is 8.65. The van der Waals surface area contributed by atoms with Crippen LogP contribution in [0.15, 0.2) is 42.5 Å². The van der Waals surface area contributed by atoms with E-state index in [1.165, 1.54) is 0 Å². The molecule has 7 nitrogen and oxygen atoms in total. The highest BCUT2D eigenvalue weighted by Crippen LogP contribution is 2.41. The Morgan fingerprint density at radius 3 is 2.09 bits per heavy atom. The number of carbonyl (C=O) groups is 2. The molecule has 2 aromatic carbocycles. The van der Waals surface area contributed by atoms with Crippen molar-refractivity contribution in [2.45, 2.75) is 25.2 Å². The molecule has 0 aliphatic carbocycles. The van der Waals surface area contributed by atoms with Gasteiger partial charge in [-0.05, 0) is 61.7 Å². The van der Waals surface area contributed by atoms with Crippen LogP contribution in [0.5, 0.6) is 17.2 Å². The summed E-state index contributed by atoms with van der Waals surface area (Å²) in [4.78, 5) is 30.7. The van der Waals surface area contributed by atoms with Gasteiger partial charge in [-0.1, -0.05) is 0 Å². The van der Waals surface area contributed by atoms with Gasteiger partial charge in [0.1, 0.15) is 17.2 Å². The fourth-order valence-corrected chi connectivity index (χ4v) is 4.93. The maximum Gasteiger partial charge on any atom is 0.253 e. The molecule has 176 valence electrons. The van der Waals surface area contributed by atoms with Gasteiger partial charge in [0.25, 0.3) is 5.91 Å². The molecule has 2 atom stereocenters. The molecule has 0 N–H and O–H groups in total. The lowest BCUT2D eigenvalue weighted by atomic mass is 9.86. The molecule has 7 heteroatoms. The minimum atomic E-state index is -0.327. The molecular formula is C26H32N2O5. The lowest BCUT2D eigenvalue weighted by molar-refractivity contribution is -0.136. The molecule has 2 saturated heterocycles. The molecule has 2 amide bonds. The molecule has 0 unspecified atom stereocenters. The SMILES string of the molecule is COc1ccc(C(=O)N2C[C@@H](C(=O)N3CCCCC3)[C@H](c3cc(OC)ccc3OC)C2)cc1. The van der Waals surface area contributed by atoms with Crippen molar-refractivity contribution in [2.75, 3.05) is 47.5 Å². The topological polar surface area (TPSA) is 68.3 Å². The third-order valence-electron chi connectivity index (χ3n) is 6.77. The number of hydrogen-bond acceptors (Lipinski definition) is 5. The molecular weight excluding hydrogens is 420 g/mol. The molecule has 0 spiro atoms. The van der Waals surface area contributed by atoms with E-state index in [0.29, 0.717) is 35.9 Å². The van der Waals surface area contributed by atoms with Crippen molar-refractivity contribution in [1.29, 1.82) is 0 Å². The summed E-state index contributed by atoms with van der Waals surface area (Å²) in [6.45, 7) is 2.39. The first-order valence-electron chi connectivity index (χ1n) is 11.5. The van der Waals surface area contributed by atoms with Crippen LogP contribution in [0.1, 0.15) is 41.1 Å². The van der Waals surface area contributed by atoms with E-state index in [1.807, 2.05) is 23.1 Å². The van der Waals surface area contributed by atoms with Crippen molar-refractivity contribution in [3.63, 3.8) is 0 Å². The Bertz CT molecular complexity index is 985. The zero-order valence-electron chi connectivity index (χ0n) is 19.6. The first-order valence-corrected chi connectivity index (χ1v) is 11.5. The summed E-state index contributed by atoms with van der Waals surface area (Å²) in [5.74, 6) is 1.64. The van der Waals surface area contributed by atoms with Crippen LogP contribution >= 0.6 is 0 Å². The number of methoxy groups -OCH3 is 3. The number of carbonyl (C=O) groups excluding carboxylic acids is 2. The van der Waals surface area contributed by atoms with E-state index in [9.17, 15) is 9.59 Å². The van der Waals surface area contributed by atoms with Gasteiger partial charge in [-0.2, -0.15) is 0 Å². The van der Waals surface area contributed by atoms with E-state index in [-0.39, 0.29) is 23.7 Å². The Labute approximate surface area is 195 Å². The molecule has 0 aromatic heterocycles. The molecule has 2 heterocycles. The van der Waals surface area contributed by atoms with E-state index in [2.05, 4.69) is 0 Å². The van der Waals surface area contributed by atoms with Crippen LogP contribution in [0.4, 0.5) is 0 Å². The Morgan fingerprint density at radius 1 is 0.788 bits per heavy atom. The van der Waals surface area contributed by atoms with Gasteiger partial charge in [0.15, 0.2) is 0 Å². The maximum absolute atomic E-state index is 13.6. The first kappa shape index (κ1) is 23.0. The van der Waals surface area contributed by atoms with Crippen LogP contribution < -0.4 is 14.2 Å². The summed E-state index contributed by atoms with van der Waals surface area (Å²) in [7, 11) is 4.85. The van der Waals surface area contributed by atoms with Gasteiger partial charge in [-0.15, -0.1) is 0 Å². The largest absolute Gasteiger partial charge is 0.497 e. The highest BCUT2D eigenvalue weighted by atomic mass is 16.5. The predicted octanol–water partition coefficient (Wildman–Crippen LogP) is 3.58. The summed E-state index contributed by atoms with van der Waals surface area (Å²) in [5, 5.41) is 0. The van der Waals surface area contributed by atoms with Crippen molar-refractivity contribution in [2.24, 2.45) is 5.92 Å². The summed E-state index contributed by atoms with van der Waals surface area (Å²) in [6, 6.07) is 12.7. The van der Waals surface area contributed by atoms with Crippen LogP contribution in [0.25, 0.3) is 0 Å². The number of amides is 2. The molecule has 2 fully saturated rings. The van der Waals surface area contributed by atoms with Crippen LogP contribution in [0.3, 0.4) is 0 Å². The first-order chi connectivity index (χ1) is 16.0. The van der Waals surface area contributed by atoms with Crippen molar-refractivity contribution in [3.05, 3.63) is 53.6 Å². The molecule has 0 bridgehead atoms. The Morgan fingerprint density at radius 2 is 1.45 bits per heavy atom. The number of likely N-dealkylation sites (tertiary alicyclic amines) is 2. The number of benzene rings is 2. The quantitative estimate of drug-likeness (QED) is 0.670. The fourth-order valence-electron chi connectivity index (χ4n) is 4.93. The average Bonchev–Trinajstić information content (AvgIpc) is 3.33. The average molecular weight is 453 g/mol. The van der Waals surface area contributed by atoms with Gasteiger partial charge in [0, 0.05) is 43.2 Å². The molecule has 2 aliphatic heterocycles. The van der Waals surface area contributed by atoms with Gasteiger partial charge < -0.3 is 24.0 Å². The predicted molar refractivity (Wildman–Crippen MR) is 125 cm³/mol. The fraction of sp³-hybridized carbons (Fsp3) is 0.462. The van der Waals surface area contributed by atoms with E-state index < -0.39 is 0 Å². The van der Waals surface area contributed by atoms with Crippen molar-refractivity contribution in [1.82, 2.24) is 9.80 Å². The van der Waals surface area contributed by atoms with E-state index in [1.54, 1.807) is 50.5 Å².